The van der Waals surface area contributed by atoms with Crippen LogP contribution in [0.3, 0.4) is 0 Å². The molecule has 0 bridgehead atoms. The second kappa shape index (κ2) is 13.3. The number of benzene rings is 2. The Bertz CT molecular complexity index is 1210. The number of ether oxygens (including phenoxy) is 1. The van der Waals surface area contributed by atoms with Crippen molar-refractivity contribution in [3.63, 3.8) is 0 Å². The maximum absolute atomic E-state index is 13.5. The quantitative estimate of drug-likeness (QED) is 0.338. The van der Waals surface area contributed by atoms with E-state index in [1.54, 1.807) is 23.3 Å². The highest BCUT2D eigenvalue weighted by Gasteiger charge is 2.28. The number of thiophene rings is 1. The molecule has 1 heterocycles. The molecular formula is C26H31N3O5S2. The van der Waals surface area contributed by atoms with E-state index >= 15 is 0 Å². The van der Waals surface area contributed by atoms with Crippen molar-refractivity contribution in [2.45, 2.75) is 31.3 Å². The van der Waals surface area contributed by atoms with E-state index in [-0.39, 0.29) is 29.8 Å². The van der Waals surface area contributed by atoms with Crippen molar-refractivity contribution in [1.82, 2.24) is 9.21 Å². The van der Waals surface area contributed by atoms with Gasteiger partial charge in [-0.2, -0.15) is 4.31 Å². The van der Waals surface area contributed by atoms with Crippen molar-refractivity contribution in [2.75, 3.05) is 32.1 Å². The summed E-state index contributed by atoms with van der Waals surface area (Å²) < 4.78 is 33.4. The van der Waals surface area contributed by atoms with Crippen molar-refractivity contribution < 1.29 is 22.7 Å². The first-order valence-electron chi connectivity index (χ1n) is 11.5. The molecule has 1 N–H and O–H groups in total. The van der Waals surface area contributed by atoms with Crippen LogP contribution in [0, 0.1) is 0 Å². The minimum atomic E-state index is -3.97. The van der Waals surface area contributed by atoms with Gasteiger partial charge in [-0.15, -0.1) is 11.3 Å². The first-order valence-corrected chi connectivity index (χ1v) is 13.8. The summed E-state index contributed by atoms with van der Waals surface area (Å²) in [5, 5.41) is 4.57. The van der Waals surface area contributed by atoms with Gasteiger partial charge in [0.2, 0.25) is 21.8 Å². The summed E-state index contributed by atoms with van der Waals surface area (Å²) in [5.74, 6) is -0.537. The largest absolute Gasteiger partial charge is 0.385 e. The third kappa shape index (κ3) is 7.99. The zero-order valence-corrected chi connectivity index (χ0v) is 22.1. The Hall–Kier alpha value is -3.05. The maximum Gasteiger partial charge on any atom is 0.243 e. The van der Waals surface area contributed by atoms with Gasteiger partial charge in [-0.3, -0.25) is 9.59 Å². The van der Waals surface area contributed by atoms with Crippen LogP contribution in [-0.2, 0) is 37.4 Å². The molecule has 0 atom stereocenters. The number of amides is 2. The fourth-order valence-electron chi connectivity index (χ4n) is 3.61. The second-order valence-corrected chi connectivity index (χ2v) is 11.2. The highest BCUT2D eigenvalue weighted by atomic mass is 32.2. The third-order valence-corrected chi connectivity index (χ3v) is 8.10. The SMILES string of the molecule is COCCCN(CC(=O)N(Cc1ccccc1)Cc1cccs1)S(=O)(=O)c1ccc(NC(C)=O)cc1. The predicted molar refractivity (Wildman–Crippen MR) is 141 cm³/mol. The number of rotatable bonds is 13. The number of sulfonamides is 1. The smallest absolute Gasteiger partial charge is 0.243 e. The lowest BCUT2D eigenvalue weighted by atomic mass is 10.2. The van der Waals surface area contributed by atoms with Crippen LogP contribution in [0.2, 0.25) is 0 Å². The number of carbonyl (C=O) groups excluding carboxylic acids is 2. The summed E-state index contributed by atoms with van der Waals surface area (Å²) in [4.78, 5) is 27.6. The predicted octanol–water partition coefficient (Wildman–Crippen LogP) is 3.96. The van der Waals surface area contributed by atoms with E-state index in [0.717, 1.165) is 10.4 Å². The molecule has 0 radical (unpaired) electrons. The average Bonchev–Trinajstić information content (AvgIpc) is 3.37. The standard InChI is InChI=1S/C26H31N3O5S2/c1-21(30)27-23-11-13-25(14-12-23)36(32,33)29(15-7-16-34-2)20-26(31)28(19-24-10-6-17-35-24)18-22-8-4-3-5-9-22/h3-6,8-14,17H,7,15-16,18-20H2,1-2H3,(H,27,30). The number of carbonyl (C=O) groups is 2. The fraction of sp³-hybridized carbons (Fsp3) is 0.308. The molecule has 10 heteroatoms. The highest BCUT2D eigenvalue weighted by Crippen LogP contribution is 2.21. The molecule has 192 valence electrons. The Morgan fingerprint density at radius 3 is 2.31 bits per heavy atom. The van der Waals surface area contributed by atoms with Crippen LogP contribution in [0.5, 0.6) is 0 Å². The van der Waals surface area contributed by atoms with E-state index in [1.165, 1.54) is 35.5 Å². The molecular weight excluding hydrogens is 498 g/mol. The lowest BCUT2D eigenvalue weighted by Gasteiger charge is -2.27. The van der Waals surface area contributed by atoms with Crippen LogP contribution in [-0.4, -0.2) is 56.2 Å². The molecule has 2 aromatic carbocycles. The number of methoxy groups -OCH3 is 1. The van der Waals surface area contributed by atoms with Crippen LogP contribution in [0.1, 0.15) is 23.8 Å². The van der Waals surface area contributed by atoms with Crippen LogP contribution in [0.4, 0.5) is 5.69 Å². The van der Waals surface area contributed by atoms with Crippen LogP contribution >= 0.6 is 11.3 Å². The lowest BCUT2D eigenvalue weighted by Crippen LogP contribution is -2.43. The summed E-state index contributed by atoms with van der Waals surface area (Å²) >= 11 is 1.55. The highest BCUT2D eigenvalue weighted by molar-refractivity contribution is 7.89. The topological polar surface area (TPSA) is 96.0 Å². The summed E-state index contributed by atoms with van der Waals surface area (Å²) in [6.45, 7) is 2.35. The third-order valence-electron chi connectivity index (χ3n) is 5.38. The molecule has 0 unspecified atom stereocenters. The minimum absolute atomic E-state index is 0.0506. The Labute approximate surface area is 216 Å². The molecule has 0 saturated heterocycles. The maximum atomic E-state index is 13.5. The zero-order chi connectivity index (χ0) is 26.0. The normalized spacial score (nSPS) is 11.4. The molecule has 3 aromatic rings. The van der Waals surface area contributed by atoms with Gasteiger partial charge in [-0.1, -0.05) is 36.4 Å². The van der Waals surface area contributed by atoms with Gasteiger partial charge in [0.25, 0.3) is 0 Å². The molecule has 0 aliphatic heterocycles. The van der Waals surface area contributed by atoms with Crippen LogP contribution < -0.4 is 5.32 Å². The van der Waals surface area contributed by atoms with Crippen molar-refractivity contribution in [1.29, 1.82) is 0 Å². The summed E-state index contributed by atoms with van der Waals surface area (Å²) in [6.07, 6.45) is 0.441. The minimum Gasteiger partial charge on any atom is -0.385 e. The summed E-state index contributed by atoms with van der Waals surface area (Å²) in [7, 11) is -2.42. The van der Waals surface area contributed by atoms with Crippen molar-refractivity contribution >= 4 is 38.9 Å². The number of hydrogen-bond acceptors (Lipinski definition) is 6. The summed E-state index contributed by atoms with van der Waals surface area (Å²) in [5.41, 5.74) is 1.46. The molecule has 0 spiro atoms. The number of anilines is 1. The van der Waals surface area contributed by atoms with Crippen LogP contribution in [0.25, 0.3) is 0 Å². The van der Waals surface area contributed by atoms with E-state index in [2.05, 4.69) is 5.32 Å². The van der Waals surface area contributed by atoms with E-state index in [0.29, 0.717) is 31.8 Å². The molecule has 1 aromatic heterocycles. The van der Waals surface area contributed by atoms with Gasteiger partial charge < -0.3 is 15.0 Å². The van der Waals surface area contributed by atoms with Gasteiger partial charge in [0.05, 0.1) is 18.0 Å². The molecule has 0 saturated carbocycles. The molecule has 0 aliphatic rings. The van der Waals surface area contributed by atoms with E-state index in [1.807, 2.05) is 47.8 Å². The van der Waals surface area contributed by atoms with Gasteiger partial charge >= 0.3 is 0 Å². The zero-order valence-electron chi connectivity index (χ0n) is 20.4. The van der Waals surface area contributed by atoms with Crippen molar-refractivity contribution in [3.8, 4) is 0 Å². The molecule has 8 nitrogen and oxygen atoms in total. The summed E-state index contributed by atoms with van der Waals surface area (Å²) in [6, 6.07) is 19.4. The van der Waals surface area contributed by atoms with Gasteiger partial charge in [0.15, 0.2) is 0 Å². The van der Waals surface area contributed by atoms with Gasteiger partial charge in [-0.05, 0) is 47.7 Å². The Balaban J connectivity index is 1.84. The first-order chi connectivity index (χ1) is 17.3. The molecule has 3 rings (SSSR count). The Kier molecular flexibility index (Phi) is 10.2. The number of nitrogens with zero attached hydrogens (tertiary/aromatic N) is 2. The molecule has 0 aliphatic carbocycles. The van der Waals surface area contributed by atoms with Gasteiger partial charge in [0.1, 0.15) is 0 Å². The van der Waals surface area contributed by atoms with Gasteiger partial charge in [-0.25, -0.2) is 8.42 Å². The van der Waals surface area contributed by atoms with E-state index in [4.69, 9.17) is 4.74 Å². The van der Waals surface area contributed by atoms with Crippen LogP contribution in [0.15, 0.2) is 77.0 Å². The fourth-order valence-corrected chi connectivity index (χ4v) is 5.76. The van der Waals surface area contributed by atoms with Crippen molar-refractivity contribution in [2.24, 2.45) is 0 Å². The second-order valence-electron chi connectivity index (χ2n) is 8.21. The Morgan fingerprint density at radius 2 is 1.69 bits per heavy atom. The van der Waals surface area contributed by atoms with Gasteiger partial charge in [0, 0.05) is 44.3 Å². The lowest BCUT2D eigenvalue weighted by molar-refractivity contribution is -0.132. The average molecular weight is 530 g/mol. The molecule has 2 amide bonds. The van der Waals surface area contributed by atoms with E-state index < -0.39 is 10.0 Å². The van der Waals surface area contributed by atoms with Crippen molar-refractivity contribution in [3.05, 3.63) is 82.6 Å². The Morgan fingerprint density at radius 1 is 0.972 bits per heavy atom. The monoisotopic (exact) mass is 529 g/mol. The number of nitrogens with one attached hydrogen (secondary N) is 1. The molecule has 0 fully saturated rings. The van der Waals surface area contributed by atoms with E-state index in [9.17, 15) is 18.0 Å². The molecule has 36 heavy (non-hydrogen) atoms. The number of hydrogen-bond donors (Lipinski definition) is 1. The first kappa shape index (κ1) is 27.5.